The van der Waals surface area contributed by atoms with E-state index in [4.69, 9.17) is 9.47 Å². The Morgan fingerprint density at radius 2 is 2.04 bits per heavy atom. The largest absolute Gasteiger partial charge is 0.450 e. The molecule has 120 valence electrons. The van der Waals surface area contributed by atoms with Gasteiger partial charge in [0.2, 0.25) is 0 Å². The van der Waals surface area contributed by atoms with Gasteiger partial charge in [-0.05, 0) is 37.3 Å². The normalized spacial score (nSPS) is 37.7. The highest BCUT2D eigenvalue weighted by molar-refractivity contribution is 5.99. The van der Waals surface area contributed by atoms with Crippen molar-refractivity contribution in [3.63, 3.8) is 0 Å². The highest BCUT2D eigenvalue weighted by Gasteiger charge is 2.70. The van der Waals surface area contributed by atoms with Crippen molar-refractivity contribution in [1.82, 2.24) is 0 Å². The summed E-state index contributed by atoms with van der Waals surface area (Å²) in [5.74, 6) is -0.235. The van der Waals surface area contributed by atoms with Gasteiger partial charge in [0.15, 0.2) is 11.9 Å². The maximum absolute atomic E-state index is 12.5. The van der Waals surface area contributed by atoms with Crippen molar-refractivity contribution in [2.45, 2.75) is 31.5 Å². The van der Waals surface area contributed by atoms with Crippen molar-refractivity contribution in [2.75, 3.05) is 7.11 Å². The number of ketones is 1. The number of carbonyl (C=O) groups is 2. The van der Waals surface area contributed by atoms with Crippen molar-refractivity contribution in [3.8, 4) is 0 Å². The summed E-state index contributed by atoms with van der Waals surface area (Å²) in [6.07, 6.45) is 6.29. The highest BCUT2D eigenvalue weighted by Crippen LogP contribution is 2.63. The van der Waals surface area contributed by atoms with Crippen LogP contribution in [0.4, 0.5) is 0 Å². The van der Waals surface area contributed by atoms with E-state index in [-0.39, 0.29) is 29.1 Å². The molecule has 0 bridgehead atoms. The van der Waals surface area contributed by atoms with Crippen molar-refractivity contribution in [1.29, 1.82) is 0 Å². The molecule has 0 amide bonds. The monoisotopic (exact) mass is 312 g/mol. The molecular formula is C19H20O4. The minimum Gasteiger partial charge on any atom is -0.450 e. The minimum absolute atomic E-state index is 0.0342. The molecule has 0 unspecified atom stereocenters. The van der Waals surface area contributed by atoms with Gasteiger partial charge in [0, 0.05) is 18.4 Å². The van der Waals surface area contributed by atoms with E-state index in [0.29, 0.717) is 5.56 Å². The van der Waals surface area contributed by atoms with Gasteiger partial charge in [-0.1, -0.05) is 30.4 Å². The van der Waals surface area contributed by atoms with E-state index in [1.807, 2.05) is 12.1 Å². The second kappa shape index (κ2) is 5.31. The molecule has 0 radical (unpaired) electrons. The predicted molar refractivity (Wildman–Crippen MR) is 83.9 cm³/mol. The second-order valence-corrected chi connectivity index (χ2v) is 6.73. The van der Waals surface area contributed by atoms with Crippen LogP contribution in [0.15, 0.2) is 42.5 Å². The first-order chi connectivity index (χ1) is 11.2. The molecule has 0 heterocycles. The predicted octanol–water partition coefficient (Wildman–Crippen LogP) is 2.78. The number of hydrogen-bond acceptors (Lipinski definition) is 4. The lowest BCUT2D eigenvalue weighted by molar-refractivity contribution is -0.177. The Morgan fingerprint density at radius 3 is 2.78 bits per heavy atom. The van der Waals surface area contributed by atoms with E-state index in [1.54, 1.807) is 31.4 Å². The third-order valence-corrected chi connectivity index (χ3v) is 5.89. The summed E-state index contributed by atoms with van der Waals surface area (Å²) in [6, 6.07) is 8.87. The lowest BCUT2D eigenvalue weighted by atomic mass is 9.49. The summed E-state index contributed by atoms with van der Waals surface area (Å²) in [6.45, 7) is 0. The summed E-state index contributed by atoms with van der Waals surface area (Å²) >= 11 is 0. The first kappa shape index (κ1) is 14.6. The van der Waals surface area contributed by atoms with E-state index in [1.165, 1.54) is 0 Å². The van der Waals surface area contributed by atoms with Crippen LogP contribution in [0.2, 0.25) is 0 Å². The molecule has 0 N–H and O–H groups in total. The Kier molecular flexibility index (Phi) is 3.38. The quantitative estimate of drug-likeness (QED) is 0.636. The van der Waals surface area contributed by atoms with E-state index in [9.17, 15) is 9.59 Å². The van der Waals surface area contributed by atoms with Gasteiger partial charge in [-0.2, -0.15) is 0 Å². The van der Waals surface area contributed by atoms with Crippen LogP contribution in [-0.2, 0) is 14.3 Å². The first-order valence-electron chi connectivity index (χ1n) is 8.17. The molecule has 2 saturated carbocycles. The number of carbonyl (C=O) groups excluding carboxylic acids is 2. The third kappa shape index (κ3) is 1.94. The molecule has 1 spiro atoms. The van der Waals surface area contributed by atoms with Crippen LogP contribution in [-0.4, -0.2) is 31.1 Å². The summed E-state index contributed by atoms with van der Waals surface area (Å²) in [5.41, 5.74) is 0.237. The lowest BCUT2D eigenvalue weighted by Crippen LogP contribution is -2.66. The average molecular weight is 312 g/mol. The van der Waals surface area contributed by atoms with E-state index >= 15 is 0 Å². The van der Waals surface area contributed by atoms with Gasteiger partial charge in [-0.3, -0.25) is 4.79 Å². The topological polar surface area (TPSA) is 52.6 Å². The van der Waals surface area contributed by atoms with Crippen LogP contribution in [0.5, 0.6) is 0 Å². The molecule has 23 heavy (non-hydrogen) atoms. The van der Waals surface area contributed by atoms with Gasteiger partial charge in [0.1, 0.15) is 0 Å². The maximum atomic E-state index is 12.5. The van der Waals surface area contributed by atoms with Crippen molar-refractivity contribution in [3.05, 3.63) is 48.0 Å². The van der Waals surface area contributed by atoms with Crippen molar-refractivity contribution in [2.24, 2.45) is 17.3 Å². The lowest BCUT2D eigenvalue weighted by Gasteiger charge is -2.55. The van der Waals surface area contributed by atoms with Gasteiger partial charge in [-0.25, -0.2) is 4.79 Å². The summed E-state index contributed by atoms with van der Waals surface area (Å²) in [4.78, 5) is 24.9. The van der Waals surface area contributed by atoms with Crippen LogP contribution in [0.3, 0.4) is 0 Å². The van der Waals surface area contributed by atoms with Crippen LogP contribution < -0.4 is 0 Å². The maximum Gasteiger partial charge on any atom is 0.338 e. The van der Waals surface area contributed by atoms with Gasteiger partial charge < -0.3 is 9.47 Å². The molecule has 3 aliphatic rings. The zero-order valence-electron chi connectivity index (χ0n) is 13.1. The number of ether oxygens (including phenoxy) is 2. The van der Waals surface area contributed by atoms with Crippen LogP contribution in [0.1, 0.15) is 29.6 Å². The Balaban J connectivity index is 1.61. The fraction of sp³-hybridized carbons (Fsp3) is 0.474. The van der Waals surface area contributed by atoms with Gasteiger partial charge in [0.25, 0.3) is 0 Å². The van der Waals surface area contributed by atoms with Gasteiger partial charge >= 0.3 is 5.97 Å². The smallest absolute Gasteiger partial charge is 0.338 e. The molecule has 4 rings (SSSR count). The molecule has 1 aromatic carbocycles. The molecule has 5 atom stereocenters. The number of benzene rings is 1. The Morgan fingerprint density at radius 1 is 1.26 bits per heavy atom. The zero-order chi connectivity index (χ0) is 16.0. The summed E-state index contributed by atoms with van der Waals surface area (Å²) in [5, 5.41) is 0. The Bertz CT molecular complexity index is 665. The van der Waals surface area contributed by atoms with Crippen LogP contribution in [0, 0.1) is 17.3 Å². The molecule has 4 nitrogen and oxygen atoms in total. The van der Waals surface area contributed by atoms with E-state index < -0.39 is 12.1 Å². The fourth-order valence-electron chi connectivity index (χ4n) is 4.80. The van der Waals surface area contributed by atoms with Crippen LogP contribution >= 0.6 is 0 Å². The number of allylic oxidation sites excluding steroid dienone is 2. The van der Waals surface area contributed by atoms with Gasteiger partial charge in [-0.15, -0.1) is 0 Å². The third-order valence-electron chi connectivity index (χ3n) is 5.89. The molecule has 0 saturated heterocycles. The fourth-order valence-corrected chi connectivity index (χ4v) is 4.80. The minimum atomic E-state index is -0.629. The van der Waals surface area contributed by atoms with Gasteiger partial charge in [0.05, 0.1) is 11.7 Å². The Labute approximate surface area is 135 Å². The molecule has 0 aliphatic heterocycles. The van der Waals surface area contributed by atoms with Crippen molar-refractivity contribution < 1.29 is 19.1 Å². The number of rotatable bonds is 3. The summed E-state index contributed by atoms with van der Waals surface area (Å²) in [7, 11) is 1.72. The van der Waals surface area contributed by atoms with Crippen LogP contribution in [0.25, 0.3) is 0 Å². The van der Waals surface area contributed by atoms with E-state index in [2.05, 4.69) is 6.08 Å². The first-order valence-corrected chi connectivity index (χ1v) is 8.17. The Hall–Kier alpha value is -1.94. The number of esters is 1. The second-order valence-electron chi connectivity index (χ2n) is 6.73. The van der Waals surface area contributed by atoms with Crippen molar-refractivity contribution >= 4 is 11.8 Å². The molecule has 4 heteroatoms. The zero-order valence-corrected chi connectivity index (χ0v) is 13.1. The molecular weight excluding hydrogens is 292 g/mol. The van der Waals surface area contributed by atoms with E-state index in [0.717, 1.165) is 19.3 Å². The molecule has 3 aliphatic carbocycles. The standard InChI is InChI=1S/C19H20O4/c1-22-15-10-11-19-13(15)8-5-9-14(19)16(20)17(19)23-18(21)12-6-3-2-4-7-12/h2-7,9,13-15,17H,8,10-11H2,1H3/t13-,14-,15-,17+,19-/m1/s1. The highest BCUT2D eigenvalue weighted by atomic mass is 16.6. The number of methoxy groups -OCH3 is 1. The SMILES string of the molecule is CO[C@@H]1CC[C@]23[C@H](C=CC[C@H]12)C(=O)[C@@H]3OC(=O)c1ccccc1. The molecule has 0 aromatic heterocycles. The molecule has 1 aromatic rings. The average Bonchev–Trinajstić information content (AvgIpc) is 3.00. The summed E-state index contributed by atoms with van der Waals surface area (Å²) < 4.78 is 11.3. The number of Topliss-reactive ketones (excluding diaryl/α,β-unsaturated/α-hetero) is 1. The number of hydrogen-bond donors (Lipinski definition) is 0. The molecule has 2 fully saturated rings.